The highest BCUT2D eigenvalue weighted by Crippen LogP contribution is 2.31. The number of non-ortho nitro benzene ring substituents is 1. The summed E-state index contributed by atoms with van der Waals surface area (Å²) in [6.07, 6.45) is 0. The van der Waals surface area contributed by atoms with Crippen molar-refractivity contribution < 1.29 is 9.66 Å². The maximum atomic E-state index is 11.0. The second-order valence-corrected chi connectivity index (χ2v) is 4.87. The largest absolute Gasteiger partial charge is 0.457 e. The van der Waals surface area contributed by atoms with Gasteiger partial charge in [0.25, 0.3) is 5.69 Å². The van der Waals surface area contributed by atoms with Crippen LogP contribution in [0.3, 0.4) is 0 Å². The molecule has 0 bridgehead atoms. The molecule has 5 nitrogen and oxygen atoms in total. The van der Waals surface area contributed by atoms with Crippen molar-refractivity contribution in [1.29, 1.82) is 0 Å². The van der Waals surface area contributed by atoms with Crippen LogP contribution in [-0.2, 0) is 0 Å². The van der Waals surface area contributed by atoms with Crippen LogP contribution in [0.1, 0.15) is 18.1 Å². The Morgan fingerprint density at radius 1 is 1.19 bits per heavy atom. The first-order valence-corrected chi connectivity index (χ1v) is 6.78. The molecule has 0 aliphatic heterocycles. The zero-order valence-electron chi connectivity index (χ0n) is 12.3. The maximum Gasteiger partial charge on any atom is 0.275 e. The van der Waals surface area contributed by atoms with E-state index in [1.807, 2.05) is 39.0 Å². The highest BCUT2D eigenvalue weighted by atomic mass is 16.6. The molecule has 0 heterocycles. The van der Waals surface area contributed by atoms with Crippen molar-refractivity contribution in [2.75, 3.05) is 11.9 Å². The highest BCUT2D eigenvalue weighted by molar-refractivity contribution is 5.57. The van der Waals surface area contributed by atoms with E-state index in [1.165, 1.54) is 12.1 Å². The number of nitro groups is 1. The molecule has 5 heteroatoms. The molecule has 110 valence electrons. The van der Waals surface area contributed by atoms with Gasteiger partial charge in [0.2, 0.25) is 0 Å². The number of hydrogen-bond acceptors (Lipinski definition) is 4. The van der Waals surface area contributed by atoms with Gasteiger partial charge >= 0.3 is 0 Å². The van der Waals surface area contributed by atoms with Crippen LogP contribution in [0, 0.1) is 24.0 Å². The van der Waals surface area contributed by atoms with Crippen LogP contribution in [-0.4, -0.2) is 11.5 Å². The molecule has 21 heavy (non-hydrogen) atoms. The first-order chi connectivity index (χ1) is 9.99. The van der Waals surface area contributed by atoms with Crippen LogP contribution < -0.4 is 10.1 Å². The molecular weight excluding hydrogens is 268 g/mol. The fraction of sp³-hybridized carbons (Fsp3) is 0.250. The lowest BCUT2D eigenvalue weighted by atomic mass is 10.1. The van der Waals surface area contributed by atoms with Gasteiger partial charge in [-0.25, -0.2) is 0 Å². The van der Waals surface area contributed by atoms with E-state index in [4.69, 9.17) is 4.74 Å². The van der Waals surface area contributed by atoms with Crippen molar-refractivity contribution in [2.45, 2.75) is 20.8 Å². The summed E-state index contributed by atoms with van der Waals surface area (Å²) in [6, 6.07) is 10.5. The van der Waals surface area contributed by atoms with Crippen LogP contribution in [0.4, 0.5) is 11.4 Å². The predicted molar refractivity (Wildman–Crippen MR) is 83.3 cm³/mol. The van der Waals surface area contributed by atoms with Gasteiger partial charge in [0.1, 0.15) is 11.5 Å². The maximum absolute atomic E-state index is 11.0. The van der Waals surface area contributed by atoms with Crippen molar-refractivity contribution in [3.8, 4) is 11.5 Å². The van der Waals surface area contributed by atoms with E-state index < -0.39 is 4.92 Å². The molecule has 0 fully saturated rings. The summed E-state index contributed by atoms with van der Waals surface area (Å²) in [5, 5.41) is 14.1. The van der Waals surface area contributed by atoms with Gasteiger partial charge in [-0.2, -0.15) is 0 Å². The number of aryl methyl sites for hydroxylation is 2. The van der Waals surface area contributed by atoms with E-state index in [1.54, 1.807) is 6.07 Å². The molecule has 0 aliphatic rings. The quantitative estimate of drug-likeness (QED) is 0.652. The lowest BCUT2D eigenvalue weighted by Gasteiger charge is -2.11. The Morgan fingerprint density at radius 3 is 2.57 bits per heavy atom. The second kappa shape index (κ2) is 6.26. The van der Waals surface area contributed by atoms with Crippen LogP contribution in [0.5, 0.6) is 11.5 Å². The molecule has 0 atom stereocenters. The third kappa shape index (κ3) is 3.72. The molecule has 1 N–H and O–H groups in total. The van der Waals surface area contributed by atoms with Crippen LogP contribution in [0.25, 0.3) is 0 Å². The van der Waals surface area contributed by atoms with E-state index in [0.717, 1.165) is 11.1 Å². The summed E-state index contributed by atoms with van der Waals surface area (Å²) in [5.74, 6) is 1.15. The monoisotopic (exact) mass is 286 g/mol. The van der Waals surface area contributed by atoms with Gasteiger partial charge in [-0.15, -0.1) is 0 Å². The number of hydrogen-bond donors (Lipinski definition) is 1. The summed E-state index contributed by atoms with van der Waals surface area (Å²) in [4.78, 5) is 10.6. The Morgan fingerprint density at radius 2 is 1.95 bits per heavy atom. The smallest absolute Gasteiger partial charge is 0.275 e. The Bertz CT molecular complexity index is 669. The van der Waals surface area contributed by atoms with Crippen LogP contribution >= 0.6 is 0 Å². The summed E-state index contributed by atoms with van der Waals surface area (Å²) in [5.41, 5.74) is 2.82. The molecule has 2 rings (SSSR count). The lowest BCUT2D eigenvalue weighted by molar-refractivity contribution is -0.384. The van der Waals surface area contributed by atoms with Crippen molar-refractivity contribution in [3.05, 3.63) is 57.6 Å². The van der Waals surface area contributed by atoms with Gasteiger partial charge in [0.05, 0.1) is 11.0 Å². The normalized spacial score (nSPS) is 10.2. The van der Waals surface area contributed by atoms with Crippen molar-refractivity contribution >= 4 is 11.4 Å². The second-order valence-electron chi connectivity index (χ2n) is 4.87. The standard InChI is InChI=1S/C16H18N2O3/c1-4-17-13-8-14(18(19)20)10-15(9-13)21-16-6-5-11(2)7-12(16)3/h5-10,17H,4H2,1-3H3. The van der Waals surface area contributed by atoms with E-state index in [-0.39, 0.29) is 5.69 Å². The number of rotatable bonds is 5. The third-order valence-electron chi connectivity index (χ3n) is 3.04. The zero-order chi connectivity index (χ0) is 15.4. The number of nitro benzene ring substituents is 1. The molecule has 0 spiro atoms. The predicted octanol–water partition coefficient (Wildman–Crippen LogP) is 4.44. The molecule has 0 amide bonds. The SMILES string of the molecule is CCNc1cc(Oc2ccc(C)cc2C)cc([N+](=O)[O-])c1. The average molecular weight is 286 g/mol. The fourth-order valence-electron chi connectivity index (χ4n) is 2.09. The van der Waals surface area contributed by atoms with Gasteiger partial charge < -0.3 is 10.1 Å². The van der Waals surface area contributed by atoms with E-state index in [0.29, 0.717) is 23.7 Å². The highest BCUT2D eigenvalue weighted by Gasteiger charge is 2.11. The van der Waals surface area contributed by atoms with Crippen LogP contribution in [0.15, 0.2) is 36.4 Å². The first kappa shape index (κ1) is 14.8. The van der Waals surface area contributed by atoms with E-state index >= 15 is 0 Å². The number of nitrogens with one attached hydrogen (secondary N) is 1. The topological polar surface area (TPSA) is 64.4 Å². The Balaban J connectivity index is 2.36. The number of benzene rings is 2. The van der Waals surface area contributed by atoms with Gasteiger partial charge in [0, 0.05) is 24.4 Å². The summed E-state index contributed by atoms with van der Waals surface area (Å²) >= 11 is 0. The van der Waals surface area contributed by atoms with E-state index in [9.17, 15) is 10.1 Å². The van der Waals surface area contributed by atoms with Gasteiger partial charge in [-0.3, -0.25) is 10.1 Å². The molecule has 0 aliphatic carbocycles. The first-order valence-electron chi connectivity index (χ1n) is 6.78. The average Bonchev–Trinajstić information content (AvgIpc) is 2.42. The minimum atomic E-state index is -0.421. The molecule has 0 saturated heterocycles. The number of anilines is 1. The Labute approximate surface area is 123 Å². The molecular formula is C16H18N2O3. The van der Waals surface area contributed by atoms with E-state index in [2.05, 4.69) is 5.32 Å². The molecule has 0 radical (unpaired) electrons. The fourth-order valence-corrected chi connectivity index (χ4v) is 2.09. The lowest BCUT2D eigenvalue weighted by Crippen LogP contribution is -1.99. The molecule has 2 aromatic carbocycles. The molecule has 0 saturated carbocycles. The number of nitrogens with zero attached hydrogens (tertiary/aromatic N) is 1. The summed E-state index contributed by atoms with van der Waals surface area (Å²) in [6.45, 7) is 6.58. The minimum absolute atomic E-state index is 0.00761. The Kier molecular flexibility index (Phi) is 4.42. The van der Waals surface area contributed by atoms with Crippen molar-refractivity contribution in [1.82, 2.24) is 0 Å². The van der Waals surface area contributed by atoms with Crippen LogP contribution in [0.2, 0.25) is 0 Å². The van der Waals surface area contributed by atoms with Gasteiger partial charge in [-0.1, -0.05) is 17.7 Å². The summed E-state index contributed by atoms with van der Waals surface area (Å²) in [7, 11) is 0. The molecule has 2 aromatic rings. The van der Waals surface area contributed by atoms with Crippen molar-refractivity contribution in [3.63, 3.8) is 0 Å². The molecule has 0 unspecified atom stereocenters. The van der Waals surface area contributed by atoms with Gasteiger partial charge in [-0.05, 0) is 32.4 Å². The Hall–Kier alpha value is -2.56. The van der Waals surface area contributed by atoms with Gasteiger partial charge in [0.15, 0.2) is 0 Å². The van der Waals surface area contributed by atoms with Crippen molar-refractivity contribution in [2.24, 2.45) is 0 Å². The summed E-state index contributed by atoms with van der Waals surface area (Å²) < 4.78 is 5.80. The zero-order valence-corrected chi connectivity index (χ0v) is 12.3. The number of ether oxygens (including phenoxy) is 1. The third-order valence-corrected chi connectivity index (χ3v) is 3.04. The minimum Gasteiger partial charge on any atom is -0.457 e. The molecule has 0 aromatic heterocycles.